The summed E-state index contributed by atoms with van der Waals surface area (Å²) >= 11 is 6.49. The van der Waals surface area contributed by atoms with Crippen molar-refractivity contribution >= 4 is 44.2 Å². The van der Waals surface area contributed by atoms with E-state index in [9.17, 15) is 18.0 Å². The number of fused-ring (bicyclic) bond motifs is 1. The molecule has 1 heterocycles. The molecule has 1 aromatic heterocycles. The molecule has 0 fully saturated rings. The minimum atomic E-state index is -3.88. The van der Waals surface area contributed by atoms with Gasteiger partial charge in [-0.1, -0.05) is 53.9 Å². The molecular formula is C28H28ClN3O4S. The summed E-state index contributed by atoms with van der Waals surface area (Å²) in [4.78, 5) is 27.4. The quantitative estimate of drug-likeness (QED) is 0.188. The highest BCUT2D eigenvalue weighted by Gasteiger charge is 2.23. The maximum absolute atomic E-state index is 12.7. The van der Waals surface area contributed by atoms with Crippen LogP contribution >= 0.6 is 11.6 Å². The molecule has 0 bridgehead atoms. The summed E-state index contributed by atoms with van der Waals surface area (Å²) in [5.41, 5.74) is 2.83. The van der Waals surface area contributed by atoms with Gasteiger partial charge in [0.25, 0.3) is 0 Å². The number of halogens is 1. The second kappa shape index (κ2) is 12.5. The molecule has 0 saturated carbocycles. The predicted molar refractivity (Wildman–Crippen MR) is 147 cm³/mol. The summed E-state index contributed by atoms with van der Waals surface area (Å²) in [6, 6.07) is 13.5. The number of carbonyl (C=O) groups excluding carboxylic acids is 2. The van der Waals surface area contributed by atoms with E-state index < -0.39 is 10.0 Å². The zero-order chi connectivity index (χ0) is 27.0. The fourth-order valence-electron chi connectivity index (χ4n) is 3.93. The Hall–Kier alpha value is -3.64. The molecule has 3 aromatic rings. The number of carbonyl (C=O) groups is 2. The van der Waals surface area contributed by atoms with Gasteiger partial charge in [0.05, 0.1) is 4.90 Å². The molecule has 0 saturated heterocycles. The zero-order valence-electron chi connectivity index (χ0n) is 20.5. The highest BCUT2D eigenvalue weighted by Crippen LogP contribution is 2.35. The van der Waals surface area contributed by atoms with Crippen molar-refractivity contribution in [1.29, 1.82) is 0 Å². The lowest BCUT2D eigenvalue weighted by atomic mass is 9.89. The second-order valence-corrected chi connectivity index (χ2v) is 10.5. The van der Waals surface area contributed by atoms with E-state index in [1.165, 1.54) is 25.1 Å². The van der Waals surface area contributed by atoms with Crippen molar-refractivity contribution in [1.82, 2.24) is 15.0 Å². The first-order chi connectivity index (χ1) is 17.7. The number of amides is 1. The van der Waals surface area contributed by atoms with E-state index in [1.54, 1.807) is 25.1 Å². The number of terminal acetylenes is 1. The molecular weight excluding hydrogens is 510 g/mol. The first-order valence-corrected chi connectivity index (χ1v) is 13.5. The Balaban J connectivity index is 1.71. The van der Waals surface area contributed by atoms with E-state index in [2.05, 4.69) is 20.9 Å². The fourth-order valence-corrected chi connectivity index (χ4v) is 5.19. The molecule has 2 aromatic carbocycles. The summed E-state index contributed by atoms with van der Waals surface area (Å²) in [7, 11) is -3.88. The van der Waals surface area contributed by atoms with E-state index in [1.807, 2.05) is 30.5 Å². The first kappa shape index (κ1) is 27.9. The third kappa shape index (κ3) is 6.98. The number of Topliss-reactive ketones (excluding diaryl/α,β-unsaturated/α-hetero) is 1. The number of para-hydroxylation sites is 1. The topological polar surface area (TPSA) is 108 Å². The number of rotatable bonds is 11. The summed E-state index contributed by atoms with van der Waals surface area (Å²) in [5.74, 6) is 1.60. The Morgan fingerprint density at radius 3 is 2.65 bits per heavy atom. The van der Waals surface area contributed by atoms with Gasteiger partial charge in [-0.25, -0.2) is 13.1 Å². The number of nitrogens with one attached hydrogen (secondary N) is 3. The van der Waals surface area contributed by atoms with Crippen molar-refractivity contribution < 1.29 is 18.0 Å². The molecule has 0 spiro atoms. The Bertz CT molecular complexity index is 1510. The van der Waals surface area contributed by atoms with Crippen LogP contribution in [0.15, 0.2) is 82.4 Å². The molecule has 3 N–H and O–H groups in total. The van der Waals surface area contributed by atoms with Gasteiger partial charge in [-0.15, -0.1) is 6.42 Å². The predicted octanol–water partition coefficient (Wildman–Crippen LogP) is 4.64. The highest BCUT2D eigenvalue weighted by atomic mass is 35.5. The largest absolute Gasteiger partial charge is 0.361 e. The monoisotopic (exact) mass is 537 g/mol. The van der Waals surface area contributed by atoms with Crippen LogP contribution in [0.4, 0.5) is 0 Å². The molecule has 9 heteroatoms. The molecule has 3 rings (SSSR count). The van der Waals surface area contributed by atoms with Crippen LogP contribution < -0.4 is 10.0 Å². The number of H-pyrrole nitrogens is 1. The maximum atomic E-state index is 12.7. The lowest BCUT2D eigenvalue weighted by Crippen LogP contribution is -2.33. The van der Waals surface area contributed by atoms with Crippen LogP contribution in [0.3, 0.4) is 0 Å². The molecule has 1 unspecified atom stereocenters. The molecule has 1 atom stereocenters. The van der Waals surface area contributed by atoms with Crippen molar-refractivity contribution in [3.63, 3.8) is 0 Å². The third-order valence-electron chi connectivity index (χ3n) is 5.84. The molecule has 37 heavy (non-hydrogen) atoms. The highest BCUT2D eigenvalue weighted by molar-refractivity contribution is 7.89. The number of hydrogen-bond acceptors (Lipinski definition) is 4. The minimum Gasteiger partial charge on any atom is -0.361 e. The number of ketones is 1. The van der Waals surface area contributed by atoms with Crippen molar-refractivity contribution in [2.24, 2.45) is 0 Å². The molecule has 0 aliphatic heterocycles. The Morgan fingerprint density at radius 2 is 1.95 bits per heavy atom. The molecule has 1 amide bonds. The molecule has 192 valence electrons. The van der Waals surface area contributed by atoms with Crippen molar-refractivity contribution in [3.05, 3.63) is 88.6 Å². The molecule has 0 radical (unpaired) electrons. The lowest BCUT2D eigenvalue weighted by Gasteiger charge is -2.21. The van der Waals surface area contributed by atoms with Crippen LogP contribution in [0.25, 0.3) is 10.9 Å². The number of benzene rings is 2. The van der Waals surface area contributed by atoms with Gasteiger partial charge >= 0.3 is 0 Å². The zero-order valence-corrected chi connectivity index (χ0v) is 22.1. The van der Waals surface area contributed by atoms with Crippen LogP contribution in [-0.4, -0.2) is 38.2 Å². The summed E-state index contributed by atoms with van der Waals surface area (Å²) in [6.45, 7) is 3.25. The number of aromatic amines is 1. The van der Waals surface area contributed by atoms with E-state index in [-0.39, 0.29) is 42.0 Å². The van der Waals surface area contributed by atoms with E-state index in [0.717, 1.165) is 16.5 Å². The van der Waals surface area contributed by atoms with Gasteiger partial charge in [-0.3, -0.25) is 9.59 Å². The van der Waals surface area contributed by atoms with Crippen molar-refractivity contribution in [2.45, 2.75) is 31.1 Å². The Labute approximate surface area is 222 Å². The van der Waals surface area contributed by atoms with Gasteiger partial charge < -0.3 is 10.3 Å². The summed E-state index contributed by atoms with van der Waals surface area (Å²) < 4.78 is 27.6. The van der Waals surface area contributed by atoms with E-state index >= 15 is 0 Å². The SMILES string of the molecule is C#C/C=C(\C(Cl)=C/C)C(CNC(=O)CCNS(=O)(=O)c1cccc(C(C)=O)c1)c1c[nH]c2ccccc12. The number of sulfonamides is 1. The average molecular weight is 538 g/mol. The maximum Gasteiger partial charge on any atom is 0.240 e. The Kier molecular flexibility index (Phi) is 9.48. The smallest absolute Gasteiger partial charge is 0.240 e. The molecule has 0 aliphatic carbocycles. The number of allylic oxidation sites excluding steroid dienone is 3. The van der Waals surface area contributed by atoms with Crippen LogP contribution in [0.5, 0.6) is 0 Å². The van der Waals surface area contributed by atoms with Crippen molar-refractivity contribution in [2.75, 3.05) is 13.1 Å². The number of aromatic nitrogens is 1. The van der Waals surface area contributed by atoms with E-state index in [4.69, 9.17) is 18.0 Å². The van der Waals surface area contributed by atoms with Gasteiger partial charge in [-0.05, 0) is 49.3 Å². The lowest BCUT2D eigenvalue weighted by molar-refractivity contribution is -0.120. The normalized spacial score (nSPS) is 13.2. The number of hydrogen-bond donors (Lipinski definition) is 3. The van der Waals surface area contributed by atoms with Crippen LogP contribution in [0.2, 0.25) is 0 Å². The van der Waals surface area contributed by atoms with Gasteiger partial charge in [-0.2, -0.15) is 0 Å². The fraction of sp³-hybridized carbons (Fsp3) is 0.214. The average Bonchev–Trinajstić information content (AvgIpc) is 3.31. The van der Waals surface area contributed by atoms with Gasteiger partial charge in [0.1, 0.15) is 0 Å². The molecule has 0 aliphatic rings. The minimum absolute atomic E-state index is 0.0370. The van der Waals surface area contributed by atoms with Crippen LogP contribution in [0, 0.1) is 12.3 Å². The second-order valence-electron chi connectivity index (χ2n) is 8.28. The first-order valence-electron chi connectivity index (χ1n) is 11.6. The summed E-state index contributed by atoms with van der Waals surface area (Å²) in [5, 5.41) is 4.33. The standard InChI is InChI=1S/C28H28ClN3O4S/c1-4-9-22(26(29)5-2)24(25-17-30-27-13-7-6-12-23(25)27)18-31-28(34)14-15-32-37(35,36)21-11-8-10-20(16-21)19(3)33/h1,5-13,16-17,24,30,32H,14-15,18H2,2-3H3,(H,31,34)/b22-9-,26-5+. The van der Waals surface area contributed by atoms with Gasteiger partial charge in [0.15, 0.2) is 5.78 Å². The van der Waals surface area contributed by atoms with Gasteiger partial charge in [0, 0.05) is 53.1 Å². The third-order valence-corrected chi connectivity index (χ3v) is 7.73. The van der Waals surface area contributed by atoms with Crippen LogP contribution in [-0.2, 0) is 14.8 Å². The van der Waals surface area contributed by atoms with Crippen molar-refractivity contribution in [3.8, 4) is 12.3 Å². The summed E-state index contributed by atoms with van der Waals surface area (Å²) in [6.07, 6.45) is 10.7. The Morgan fingerprint density at radius 1 is 1.19 bits per heavy atom. The molecule has 7 nitrogen and oxygen atoms in total. The van der Waals surface area contributed by atoms with Crippen LogP contribution in [0.1, 0.15) is 42.1 Å². The van der Waals surface area contributed by atoms with E-state index in [0.29, 0.717) is 16.2 Å². The van der Waals surface area contributed by atoms with Gasteiger partial charge in [0.2, 0.25) is 15.9 Å².